The Labute approximate surface area is 159 Å². The molecule has 1 N–H and O–H groups in total. The van der Waals surface area contributed by atoms with Gasteiger partial charge in [0.1, 0.15) is 5.57 Å². The molecule has 0 saturated carbocycles. The first-order valence-corrected chi connectivity index (χ1v) is 8.93. The lowest BCUT2D eigenvalue weighted by Crippen LogP contribution is -2.52. The number of nitrogens with one attached hydrogen (secondary N) is 1. The van der Waals surface area contributed by atoms with Crippen molar-refractivity contribution in [1.29, 1.82) is 0 Å². The summed E-state index contributed by atoms with van der Waals surface area (Å²) >= 11 is 12.4. The van der Waals surface area contributed by atoms with Crippen molar-refractivity contribution in [2.24, 2.45) is 0 Å². The molecular formula is C18H13ClN2O2S2. The SMILES string of the molecule is CN1C(=O)C(=Cc2ccc(Sc3ccc(Cl)cc3)cc2)C(=O)NC1=S. The molecule has 1 fully saturated rings. The van der Waals surface area contributed by atoms with E-state index in [1.807, 2.05) is 48.5 Å². The Bertz CT molecular complexity index is 877. The third-order valence-electron chi connectivity index (χ3n) is 3.55. The van der Waals surface area contributed by atoms with Gasteiger partial charge in [-0.1, -0.05) is 35.5 Å². The highest BCUT2D eigenvalue weighted by Gasteiger charge is 2.30. The Morgan fingerprint density at radius 1 is 1.04 bits per heavy atom. The number of rotatable bonds is 3. The number of carbonyl (C=O) groups is 2. The van der Waals surface area contributed by atoms with Crippen molar-refractivity contribution in [1.82, 2.24) is 10.2 Å². The van der Waals surface area contributed by atoms with Crippen LogP contribution in [0.4, 0.5) is 0 Å². The highest BCUT2D eigenvalue weighted by atomic mass is 35.5. The molecule has 2 amide bonds. The molecule has 7 heteroatoms. The Morgan fingerprint density at radius 3 is 2.20 bits per heavy atom. The van der Waals surface area contributed by atoms with Crippen LogP contribution in [0.1, 0.15) is 5.56 Å². The van der Waals surface area contributed by atoms with E-state index in [2.05, 4.69) is 5.32 Å². The van der Waals surface area contributed by atoms with Crippen molar-refractivity contribution < 1.29 is 9.59 Å². The molecule has 25 heavy (non-hydrogen) atoms. The fourth-order valence-corrected chi connectivity index (χ4v) is 3.30. The van der Waals surface area contributed by atoms with E-state index in [1.54, 1.807) is 17.8 Å². The first kappa shape index (κ1) is 17.7. The van der Waals surface area contributed by atoms with Crippen LogP contribution >= 0.6 is 35.6 Å². The van der Waals surface area contributed by atoms with E-state index in [-0.39, 0.29) is 10.7 Å². The molecule has 0 atom stereocenters. The molecule has 1 heterocycles. The number of carbonyl (C=O) groups excluding carboxylic acids is 2. The fourth-order valence-electron chi connectivity index (χ4n) is 2.18. The number of hydrogen-bond acceptors (Lipinski definition) is 4. The molecule has 0 bridgehead atoms. The molecule has 126 valence electrons. The summed E-state index contributed by atoms with van der Waals surface area (Å²) in [6, 6.07) is 15.2. The highest BCUT2D eigenvalue weighted by molar-refractivity contribution is 7.99. The minimum Gasteiger partial charge on any atom is -0.298 e. The normalized spacial score (nSPS) is 16.3. The van der Waals surface area contributed by atoms with Gasteiger partial charge < -0.3 is 0 Å². The molecule has 0 radical (unpaired) electrons. The molecule has 1 aliphatic rings. The third kappa shape index (κ3) is 4.10. The molecular weight excluding hydrogens is 376 g/mol. The second kappa shape index (κ2) is 7.39. The van der Waals surface area contributed by atoms with Gasteiger partial charge in [0, 0.05) is 21.9 Å². The van der Waals surface area contributed by atoms with Crippen LogP contribution in [0.2, 0.25) is 5.02 Å². The van der Waals surface area contributed by atoms with Crippen molar-refractivity contribution in [2.75, 3.05) is 7.05 Å². The smallest absolute Gasteiger partial charge is 0.265 e. The van der Waals surface area contributed by atoms with Crippen LogP contribution in [-0.2, 0) is 9.59 Å². The maximum atomic E-state index is 12.2. The van der Waals surface area contributed by atoms with Gasteiger partial charge in [-0.3, -0.25) is 19.8 Å². The number of amides is 2. The lowest BCUT2D eigenvalue weighted by molar-refractivity contribution is -0.128. The zero-order valence-corrected chi connectivity index (χ0v) is 15.5. The Kier molecular flexibility index (Phi) is 5.22. The van der Waals surface area contributed by atoms with Gasteiger partial charge in [0.25, 0.3) is 11.8 Å². The Morgan fingerprint density at radius 2 is 1.60 bits per heavy atom. The van der Waals surface area contributed by atoms with Gasteiger partial charge in [-0.25, -0.2) is 0 Å². The number of hydrogen-bond donors (Lipinski definition) is 1. The van der Waals surface area contributed by atoms with Crippen LogP contribution < -0.4 is 5.32 Å². The molecule has 2 aromatic carbocycles. The van der Waals surface area contributed by atoms with E-state index in [0.717, 1.165) is 15.4 Å². The average molecular weight is 389 g/mol. The van der Waals surface area contributed by atoms with Crippen molar-refractivity contribution >= 4 is 58.6 Å². The zero-order valence-electron chi connectivity index (χ0n) is 13.2. The standard InChI is InChI=1S/C18H13ClN2O2S2/c1-21-17(23)15(16(22)20-18(21)24)10-11-2-6-13(7-3-11)25-14-8-4-12(19)5-9-14/h2-10H,1H3,(H,20,22,24). The second-order valence-electron chi connectivity index (χ2n) is 5.31. The van der Waals surface area contributed by atoms with Crippen molar-refractivity contribution in [3.8, 4) is 0 Å². The summed E-state index contributed by atoms with van der Waals surface area (Å²) in [5, 5.41) is 3.31. The number of benzene rings is 2. The van der Waals surface area contributed by atoms with Gasteiger partial charge in [0.2, 0.25) is 0 Å². The first-order valence-electron chi connectivity index (χ1n) is 7.32. The largest absolute Gasteiger partial charge is 0.298 e. The number of likely N-dealkylation sites (N-methyl/N-ethyl adjacent to an activating group) is 1. The van der Waals surface area contributed by atoms with Gasteiger partial charge >= 0.3 is 0 Å². The van der Waals surface area contributed by atoms with E-state index >= 15 is 0 Å². The van der Waals surface area contributed by atoms with Crippen LogP contribution in [0.3, 0.4) is 0 Å². The number of thiocarbonyl (C=S) groups is 1. The van der Waals surface area contributed by atoms with Crippen LogP contribution in [0.5, 0.6) is 0 Å². The predicted octanol–water partition coefficient (Wildman–Crippen LogP) is 3.75. The van der Waals surface area contributed by atoms with E-state index < -0.39 is 11.8 Å². The minimum absolute atomic E-state index is 0.0641. The average Bonchev–Trinajstić information content (AvgIpc) is 2.60. The quantitative estimate of drug-likeness (QED) is 0.494. The van der Waals surface area contributed by atoms with Crippen LogP contribution in [-0.4, -0.2) is 28.9 Å². The Hall–Kier alpha value is -2.15. The third-order valence-corrected chi connectivity index (χ3v) is 5.19. The van der Waals surface area contributed by atoms with E-state index in [0.29, 0.717) is 5.02 Å². The molecule has 1 saturated heterocycles. The van der Waals surface area contributed by atoms with Crippen molar-refractivity contribution in [3.05, 3.63) is 64.7 Å². The Balaban J connectivity index is 1.78. The summed E-state index contributed by atoms with van der Waals surface area (Å²) in [6.07, 6.45) is 1.56. The van der Waals surface area contributed by atoms with E-state index in [4.69, 9.17) is 23.8 Å². The maximum absolute atomic E-state index is 12.2. The van der Waals surface area contributed by atoms with Gasteiger partial charge in [0.15, 0.2) is 5.11 Å². The summed E-state index contributed by atoms with van der Waals surface area (Å²) in [5.41, 5.74) is 0.828. The summed E-state index contributed by atoms with van der Waals surface area (Å²) < 4.78 is 0. The zero-order chi connectivity index (χ0) is 18.0. The van der Waals surface area contributed by atoms with E-state index in [1.165, 1.54) is 11.9 Å². The van der Waals surface area contributed by atoms with Crippen LogP contribution in [0.25, 0.3) is 6.08 Å². The number of nitrogens with zero attached hydrogens (tertiary/aromatic N) is 1. The highest BCUT2D eigenvalue weighted by Crippen LogP contribution is 2.29. The summed E-state index contributed by atoms with van der Waals surface area (Å²) in [7, 11) is 1.53. The summed E-state index contributed by atoms with van der Waals surface area (Å²) in [5.74, 6) is -0.888. The van der Waals surface area contributed by atoms with Crippen molar-refractivity contribution in [2.45, 2.75) is 9.79 Å². The lowest BCUT2D eigenvalue weighted by Gasteiger charge is -2.25. The summed E-state index contributed by atoms with van der Waals surface area (Å²) in [6.45, 7) is 0. The molecule has 2 aromatic rings. The van der Waals surface area contributed by atoms with E-state index in [9.17, 15) is 9.59 Å². The van der Waals surface area contributed by atoms with Crippen LogP contribution in [0, 0.1) is 0 Å². The second-order valence-corrected chi connectivity index (χ2v) is 7.28. The van der Waals surface area contributed by atoms with Crippen LogP contribution in [0.15, 0.2) is 63.9 Å². The molecule has 0 spiro atoms. The summed E-state index contributed by atoms with van der Waals surface area (Å²) in [4.78, 5) is 27.5. The molecule has 0 unspecified atom stereocenters. The molecule has 0 aromatic heterocycles. The molecule has 1 aliphatic heterocycles. The molecule has 4 nitrogen and oxygen atoms in total. The fraction of sp³-hybridized carbons (Fsp3) is 0.0556. The molecule has 0 aliphatic carbocycles. The predicted molar refractivity (Wildman–Crippen MR) is 104 cm³/mol. The van der Waals surface area contributed by atoms with Gasteiger partial charge in [0.05, 0.1) is 0 Å². The van der Waals surface area contributed by atoms with Crippen molar-refractivity contribution in [3.63, 3.8) is 0 Å². The minimum atomic E-state index is -0.479. The van der Waals surface area contributed by atoms with Gasteiger partial charge in [-0.2, -0.15) is 0 Å². The molecule has 3 rings (SSSR count). The maximum Gasteiger partial charge on any atom is 0.265 e. The first-order chi connectivity index (χ1) is 11.9. The number of halogens is 1. The van der Waals surface area contributed by atoms with Gasteiger partial charge in [-0.05, 0) is 60.3 Å². The van der Waals surface area contributed by atoms with Gasteiger partial charge in [-0.15, -0.1) is 0 Å². The monoisotopic (exact) mass is 388 g/mol. The lowest BCUT2D eigenvalue weighted by atomic mass is 10.1. The topological polar surface area (TPSA) is 49.4 Å².